The zero-order chi connectivity index (χ0) is 15.2. The molecule has 2 nitrogen and oxygen atoms in total. The van der Waals surface area contributed by atoms with E-state index in [1.54, 1.807) is 0 Å². The molecule has 0 saturated heterocycles. The van der Waals surface area contributed by atoms with Gasteiger partial charge in [-0.15, -0.1) is 0 Å². The Balaban J connectivity index is 1.34. The Bertz CT molecular complexity index is 538. The van der Waals surface area contributed by atoms with Crippen LogP contribution in [0.3, 0.4) is 0 Å². The van der Waals surface area contributed by atoms with Crippen LogP contribution in [0.5, 0.6) is 0 Å². The Morgan fingerprint density at radius 3 is 1.50 bits per heavy atom. The van der Waals surface area contributed by atoms with E-state index in [0.29, 0.717) is 25.0 Å². The Hall–Kier alpha value is -1.90. The van der Waals surface area contributed by atoms with Gasteiger partial charge in [0.05, 0.1) is 26.4 Å². The first kappa shape index (κ1) is 15.0. The summed E-state index contributed by atoms with van der Waals surface area (Å²) in [5.41, 5.74) is 3.69. The Kier molecular flexibility index (Phi) is 5.04. The molecule has 2 aromatic carbocycles. The van der Waals surface area contributed by atoms with Gasteiger partial charge >= 0.3 is 0 Å². The van der Waals surface area contributed by atoms with E-state index >= 15 is 0 Å². The lowest BCUT2D eigenvalue weighted by Crippen LogP contribution is -2.03. The topological polar surface area (TPSA) is 18.5 Å². The highest BCUT2D eigenvalue weighted by atomic mass is 16.5. The SMILES string of the molecule is C=C1[C@H](COCc2ccccc2)[C@H]1COCc1ccccc1. The molecule has 0 radical (unpaired) electrons. The van der Waals surface area contributed by atoms with Crippen molar-refractivity contribution in [1.29, 1.82) is 0 Å². The van der Waals surface area contributed by atoms with Crippen LogP contribution in [-0.2, 0) is 22.7 Å². The van der Waals surface area contributed by atoms with Gasteiger partial charge in [-0.05, 0) is 11.1 Å². The van der Waals surface area contributed by atoms with E-state index in [9.17, 15) is 0 Å². The van der Waals surface area contributed by atoms with Gasteiger partial charge in [0.2, 0.25) is 0 Å². The van der Waals surface area contributed by atoms with Crippen LogP contribution in [0.1, 0.15) is 11.1 Å². The minimum absolute atomic E-state index is 0.458. The van der Waals surface area contributed by atoms with Crippen molar-refractivity contribution in [3.05, 3.63) is 83.9 Å². The molecule has 0 spiro atoms. The number of hydrogen-bond acceptors (Lipinski definition) is 2. The Labute approximate surface area is 132 Å². The van der Waals surface area contributed by atoms with E-state index in [1.165, 1.54) is 16.7 Å². The number of benzene rings is 2. The summed E-state index contributed by atoms with van der Waals surface area (Å²) in [4.78, 5) is 0. The van der Waals surface area contributed by atoms with Gasteiger partial charge < -0.3 is 9.47 Å². The maximum absolute atomic E-state index is 5.79. The first-order valence-corrected chi connectivity index (χ1v) is 7.76. The van der Waals surface area contributed by atoms with Crippen molar-refractivity contribution < 1.29 is 9.47 Å². The van der Waals surface area contributed by atoms with Gasteiger partial charge in [0, 0.05) is 11.8 Å². The lowest BCUT2D eigenvalue weighted by molar-refractivity contribution is 0.0840. The molecule has 114 valence electrons. The van der Waals surface area contributed by atoms with Gasteiger partial charge in [0.15, 0.2) is 0 Å². The summed E-state index contributed by atoms with van der Waals surface area (Å²) in [5.74, 6) is 0.916. The van der Waals surface area contributed by atoms with Gasteiger partial charge in [0.1, 0.15) is 0 Å². The van der Waals surface area contributed by atoms with Crippen molar-refractivity contribution in [1.82, 2.24) is 0 Å². The molecule has 1 saturated carbocycles. The number of hydrogen-bond donors (Lipinski definition) is 0. The second kappa shape index (κ2) is 7.39. The van der Waals surface area contributed by atoms with Crippen molar-refractivity contribution in [2.45, 2.75) is 13.2 Å². The highest BCUT2D eigenvalue weighted by Gasteiger charge is 2.42. The third-order valence-electron chi connectivity index (χ3n) is 4.15. The first-order valence-electron chi connectivity index (χ1n) is 7.76. The second-order valence-electron chi connectivity index (χ2n) is 5.79. The minimum Gasteiger partial charge on any atom is -0.376 e. The third kappa shape index (κ3) is 4.06. The maximum atomic E-state index is 5.79. The van der Waals surface area contributed by atoms with Crippen LogP contribution in [0.2, 0.25) is 0 Å². The maximum Gasteiger partial charge on any atom is 0.0717 e. The van der Waals surface area contributed by atoms with E-state index in [-0.39, 0.29) is 0 Å². The average Bonchev–Trinajstić information content (AvgIpc) is 3.18. The fourth-order valence-corrected chi connectivity index (χ4v) is 2.65. The summed E-state index contributed by atoms with van der Waals surface area (Å²) >= 11 is 0. The average molecular weight is 294 g/mol. The normalized spacial score (nSPS) is 20.1. The lowest BCUT2D eigenvalue weighted by Gasteiger charge is -2.05. The molecule has 0 N–H and O–H groups in total. The predicted octanol–water partition coefficient (Wildman–Crippen LogP) is 4.22. The fraction of sp³-hybridized carbons (Fsp3) is 0.300. The molecule has 1 aliphatic carbocycles. The van der Waals surface area contributed by atoms with E-state index in [2.05, 4.69) is 30.8 Å². The Morgan fingerprint density at radius 1 is 0.682 bits per heavy atom. The molecular weight excluding hydrogens is 272 g/mol. The lowest BCUT2D eigenvalue weighted by atomic mass is 10.2. The van der Waals surface area contributed by atoms with Crippen molar-refractivity contribution in [3.8, 4) is 0 Å². The van der Waals surface area contributed by atoms with Crippen molar-refractivity contribution >= 4 is 0 Å². The quantitative estimate of drug-likeness (QED) is 0.679. The second-order valence-corrected chi connectivity index (χ2v) is 5.79. The summed E-state index contributed by atoms with van der Waals surface area (Å²) < 4.78 is 11.6. The van der Waals surface area contributed by atoms with Gasteiger partial charge in [-0.3, -0.25) is 0 Å². The third-order valence-corrected chi connectivity index (χ3v) is 4.15. The molecule has 1 fully saturated rings. The van der Waals surface area contributed by atoms with Gasteiger partial charge in [0.25, 0.3) is 0 Å². The minimum atomic E-state index is 0.458. The highest BCUT2D eigenvalue weighted by Crippen LogP contribution is 2.44. The molecule has 0 aliphatic heterocycles. The predicted molar refractivity (Wildman–Crippen MR) is 88.3 cm³/mol. The largest absolute Gasteiger partial charge is 0.376 e. The molecular formula is C20H22O2. The van der Waals surface area contributed by atoms with Gasteiger partial charge in [-0.25, -0.2) is 0 Å². The van der Waals surface area contributed by atoms with Crippen molar-refractivity contribution in [2.75, 3.05) is 13.2 Å². The van der Waals surface area contributed by atoms with Crippen LogP contribution in [-0.4, -0.2) is 13.2 Å². The first-order chi connectivity index (χ1) is 10.8. The van der Waals surface area contributed by atoms with E-state index in [4.69, 9.17) is 9.47 Å². The van der Waals surface area contributed by atoms with Crippen LogP contribution in [0.15, 0.2) is 72.8 Å². The van der Waals surface area contributed by atoms with Crippen LogP contribution in [0.4, 0.5) is 0 Å². The van der Waals surface area contributed by atoms with Crippen LogP contribution in [0, 0.1) is 11.8 Å². The fourth-order valence-electron chi connectivity index (χ4n) is 2.65. The molecule has 2 heteroatoms. The molecule has 1 aliphatic rings. The van der Waals surface area contributed by atoms with Gasteiger partial charge in [-0.1, -0.05) is 72.8 Å². The van der Waals surface area contributed by atoms with E-state index in [1.807, 2.05) is 36.4 Å². The van der Waals surface area contributed by atoms with Crippen LogP contribution >= 0.6 is 0 Å². The smallest absolute Gasteiger partial charge is 0.0717 e. The zero-order valence-corrected chi connectivity index (χ0v) is 12.8. The number of rotatable bonds is 8. The summed E-state index contributed by atoms with van der Waals surface area (Å²) in [6.07, 6.45) is 0. The van der Waals surface area contributed by atoms with Gasteiger partial charge in [-0.2, -0.15) is 0 Å². The molecule has 3 rings (SSSR count). The molecule has 0 heterocycles. The molecule has 2 aromatic rings. The Morgan fingerprint density at radius 2 is 1.09 bits per heavy atom. The molecule has 2 atom stereocenters. The summed E-state index contributed by atoms with van der Waals surface area (Å²) in [5, 5.41) is 0. The zero-order valence-electron chi connectivity index (χ0n) is 12.8. The van der Waals surface area contributed by atoms with Crippen molar-refractivity contribution in [2.24, 2.45) is 11.8 Å². The monoisotopic (exact) mass is 294 g/mol. The highest BCUT2D eigenvalue weighted by molar-refractivity contribution is 5.26. The van der Waals surface area contributed by atoms with Crippen LogP contribution in [0.25, 0.3) is 0 Å². The van der Waals surface area contributed by atoms with E-state index in [0.717, 1.165) is 13.2 Å². The van der Waals surface area contributed by atoms with Crippen molar-refractivity contribution in [3.63, 3.8) is 0 Å². The number of ether oxygens (including phenoxy) is 2. The van der Waals surface area contributed by atoms with E-state index < -0.39 is 0 Å². The standard InChI is InChI=1S/C20H22O2/c1-16-19(14-21-12-17-8-4-2-5-9-17)20(16)15-22-13-18-10-6-3-7-11-18/h2-11,19-20H,1,12-15H2/t19-,20-/m0/s1. The molecule has 0 unspecified atom stereocenters. The molecule has 22 heavy (non-hydrogen) atoms. The molecule has 0 aromatic heterocycles. The summed E-state index contributed by atoms with van der Waals surface area (Å²) in [7, 11) is 0. The summed E-state index contributed by atoms with van der Waals surface area (Å²) in [6, 6.07) is 20.5. The summed E-state index contributed by atoms with van der Waals surface area (Å²) in [6.45, 7) is 6.94. The van der Waals surface area contributed by atoms with Crippen LogP contribution < -0.4 is 0 Å². The molecule has 0 bridgehead atoms. The molecule has 0 amide bonds.